The molecule has 15 heteroatoms. The highest BCUT2D eigenvalue weighted by Gasteiger charge is 2.54. The van der Waals surface area contributed by atoms with E-state index in [2.05, 4.69) is 20.4 Å². The van der Waals surface area contributed by atoms with Gasteiger partial charge in [0.15, 0.2) is 10.8 Å². The third kappa shape index (κ3) is 6.92. The van der Waals surface area contributed by atoms with Gasteiger partial charge in [-0.2, -0.15) is 0 Å². The number of pyridine rings is 1. The average molecular weight is 601 g/mol. The molecule has 0 bridgehead atoms. The number of thioether (sulfide) groups is 1. The highest BCUT2D eigenvalue weighted by atomic mass is 32.2. The maximum atomic E-state index is 13.4. The summed E-state index contributed by atoms with van der Waals surface area (Å²) in [5, 5.41) is 15.9. The number of rotatable bonds is 11. The van der Waals surface area contributed by atoms with Crippen molar-refractivity contribution in [1.29, 1.82) is 0 Å². The molecule has 0 aliphatic carbocycles. The first-order valence-electron chi connectivity index (χ1n) is 12.6. The summed E-state index contributed by atoms with van der Waals surface area (Å²) < 4.78 is 10.6. The molecule has 2 aliphatic heterocycles. The molecule has 4 heterocycles. The second-order valence-corrected chi connectivity index (χ2v) is 10.9. The molecule has 2 amide bonds. The maximum absolute atomic E-state index is 13.4. The largest absolute Gasteiger partial charge is 0.425 e. The molecule has 13 nitrogen and oxygen atoms in total. The molecule has 4 N–H and O–H groups in total. The van der Waals surface area contributed by atoms with Gasteiger partial charge in [0.25, 0.3) is 11.8 Å². The van der Waals surface area contributed by atoms with Crippen LogP contribution in [0.5, 0.6) is 0 Å². The molecule has 3 atom stereocenters. The summed E-state index contributed by atoms with van der Waals surface area (Å²) in [6, 6.07) is 2.57. The number of nitrogens with one attached hydrogen (secondary N) is 1. The van der Waals surface area contributed by atoms with Gasteiger partial charge in [0, 0.05) is 36.9 Å². The number of esters is 2. The van der Waals surface area contributed by atoms with Gasteiger partial charge >= 0.3 is 11.9 Å². The topological polar surface area (TPSA) is 186 Å². The first-order valence-corrected chi connectivity index (χ1v) is 14.6. The van der Waals surface area contributed by atoms with E-state index in [4.69, 9.17) is 15.2 Å². The Morgan fingerprint density at radius 1 is 1.34 bits per heavy atom. The number of ether oxygens (including phenoxy) is 2. The maximum Gasteiger partial charge on any atom is 0.358 e. The van der Waals surface area contributed by atoms with Crippen LogP contribution in [0.1, 0.15) is 44.4 Å². The van der Waals surface area contributed by atoms with E-state index < -0.39 is 47.2 Å². The Morgan fingerprint density at radius 2 is 2.15 bits per heavy atom. The van der Waals surface area contributed by atoms with Crippen LogP contribution in [-0.4, -0.2) is 73.0 Å². The third-order valence-electron chi connectivity index (χ3n) is 6.02. The van der Waals surface area contributed by atoms with Gasteiger partial charge in [-0.25, -0.2) is 9.78 Å². The second-order valence-electron chi connectivity index (χ2n) is 8.94. The number of nitrogens with zero attached hydrogens (tertiary/aromatic N) is 4. The number of unbranched alkanes of at least 4 members (excludes halogenated alkanes) is 1. The van der Waals surface area contributed by atoms with Gasteiger partial charge in [0.05, 0.1) is 0 Å². The summed E-state index contributed by atoms with van der Waals surface area (Å²) in [5.74, 6) is -2.46. The van der Waals surface area contributed by atoms with E-state index in [0.29, 0.717) is 17.7 Å². The number of carbonyl (C=O) groups is 4. The summed E-state index contributed by atoms with van der Waals surface area (Å²) in [5.41, 5.74) is 6.51. The lowest BCUT2D eigenvalue weighted by Gasteiger charge is -2.49. The highest BCUT2D eigenvalue weighted by molar-refractivity contribution is 8.00. The van der Waals surface area contributed by atoms with Crippen LogP contribution in [0.25, 0.3) is 6.08 Å². The zero-order valence-electron chi connectivity index (χ0n) is 22.2. The molecule has 1 fully saturated rings. The number of allylic oxidation sites excluding steroid dienone is 1. The number of carbonyl (C=O) groups excluding carboxylic acids is 4. The molecule has 0 radical (unpaired) electrons. The van der Waals surface area contributed by atoms with Crippen LogP contribution < -0.4 is 11.1 Å². The standard InChI is InChI=1S/C26H28N6O7S2/c1-3-4-7-18(33)38-14(2)39-25(36)21-16(9-8-15-6-5-10-28-11-15)12-40-24-20(23(35)32(21)24)30-22(34)19(31-37)17-13-41-26(27)29-17/h5-6,8-11,13-14,20,24,37H,3-4,7,12H2,1-2H3,(H2,27,29)(H,30,34)/b9-8-,31-19?/t14?,20-,24-/m1/s1. The Morgan fingerprint density at radius 3 is 2.80 bits per heavy atom. The fourth-order valence-corrected chi connectivity index (χ4v) is 5.91. The summed E-state index contributed by atoms with van der Waals surface area (Å²) in [6.45, 7) is 3.36. The molecule has 4 rings (SSSR count). The quantitative estimate of drug-likeness (QED) is 0.0858. The van der Waals surface area contributed by atoms with Gasteiger partial charge in [-0.15, -0.1) is 23.1 Å². The van der Waals surface area contributed by atoms with Crippen LogP contribution in [0.15, 0.2) is 52.4 Å². The van der Waals surface area contributed by atoms with Crippen molar-refractivity contribution in [2.75, 3.05) is 11.5 Å². The summed E-state index contributed by atoms with van der Waals surface area (Å²) in [4.78, 5) is 60.8. The Labute approximate surface area is 243 Å². The summed E-state index contributed by atoms with van der Waals surface area (Å²) >= 11 is 2.38. The zero-order valence-corrected chi connectivity index (χ0v) is 23.8. The van der Waals surface area contributed by atoms with Crippen molar-refractivity contribution in [3.63, 3.8) is 0 Å². The fraction of sp³-hybridized carbons (Fsp3) is 0.346. The smallest absolute Gasteiger partial charge is 0.358 e. The number of fused-ring (bicyclic) bond motifs is 1. The molecule has 41 heavy (non-hydrogen) atoms. The zero-order chi connectivity index (χ0) is 29.5. The molecular formula is C26H28N6O7S2. The monoisotopic (exact) mass is 600 g/mol. The van der Waals surface area contributed by atoms with E-state index >= 15 is 0 Å². The fourth-order valence-electron chi connectivity index (χ4n) is 4.05. The number of nitrogens with two attached hydrogens (primary N) is 1. The Bertz CT molecular complexity index is 1410. The van der Waals surface area contributed by atoms with Crippen molar-refractivity contribution in [3.8, 4) is 0 Å². The van der Waals surface area contributed by atoms with Crippen LogP contribution in [-0.2, 0) is 28.7 Å². The predicted molar refractivity (Wildman–Crippen MR) is 151 cm³/mol. The minimum absolute atomic E-state index is 0.0239. The van der Waals surface area contributed by atoms with Crippen molar-refractivity contribution >= 4 is 63.8 Å². The van der Waals surface area contributed by atoms with Crippen LogP contribution in [0, 0.1) is 0 Å². The number of hydrogen-bond donors (Lipinski definition) is 3. The number of anilines is 1. The number of β-lactam (4-membered cyclic amide) rings is 1. The highest BCUT2D eigenvalue weighted by Crippen LogP contribution is 2.41. The van der Waals surface area contributed by atoms with Crippen molar-refractivity contribution in [1.82, 2.24) is 20.2 Å². The first-order chi connectivity index (χ1) is 19.7. The van der Waals surface area contributed by atoms with E-state index in [9.17, 15) is 24.4 Å². The van der Waals surface area contributed by atoms with Crippen molar-refractivity contribution in [2.24, 2.45) is 5.16 Å². The first kappa shape index (κ1) is 29.7. The van der Waals surface area contributed by atoms with Crippen molar-refractivity contribution in [3.05, 3.63) is 58.5 Å². The van der Waals surface area contributed by atoms with Gasteiger partial charge in [0.2, 0.25) is 6.29 Å². The van der Waals surface area contributed by atoms with Crippen LogP contribution in [0.2, 0.25) is 0 Å². The molecular weight excluding hydrogens is 572 g/mol. The minimum atomic E-state index is -1.18. The van der Waals surface area contributed by atoms with Gasteiger partial charge in [-0.1, -0.05) is 36.7 Å². The number of aromatic nitrogens is 2. The van der Waals surface area contributed by atoms with Crippen LogP contribution in [0.3, 0.4) is 0 Å². The Kier molecular flexibility index (Phi) is 9.73. The number of hydrogen-bond acceptors (Lipinski definition) is 13. The average Bonchev–Trinajstić information content (AvgIpc) is 3.39. The van der Waals surface area contributed by atoms with E-state index in [-0.39, 0.29) is 22.9 Å². The molecule has 1 unspecified atom stereocenters. The Hall–Kier alpha value is -4.24. The molecule has 0 spiro atoms. The van der Waals surface area contributed by atoms with E-state index in [1.165, 1.54) is 29.0 Å². The van der Waals surface area contributed by atoms with Crippen molar-refractivity contribution < 1.29 is 33.9 Å². The third-order valence-corrected chi connectivity index (χ3v) is 8.00. The number of thiazole rings is 1. The number of nitrogen functional groups attached to an aromatic ring is 1. The van der Waals surface area contributed by atoms with E-state index in [0.717, 1.165) is 23.3 Å². The normalized spacial score (nSPS) is 19.4. The second kappa shape index (κ2) is 13.4. The van der Waals surface area contributed by atoms with Crippen LogP contribution in [0.4, 0.5) is 5.13 Å². The van der Waals surface area contributed by atoms with Crippen molar-refractivity contribution in [2.45, 2.75) is 50.8 Å². The Balaban J connectivity index is 1.54. The molecule has 1 saturated heterocycles. The van der Waals surface area contributed by atoms with Gasteiger partial charge in [-0.3, -0.25) is 24.3 Å². The minimum Gasteiger partial charge on any atom is -0.425 e. The molecule has 2 aromatic heterocycles. The predicted octanol–water partition coefficient (Wildman–Crippen LogP) is 2.29. The number of oxime groups is 1. The van der Waals surface area contributed by atoms with E-state index in [1.807, 2.05) is 13.0 Å². The number of amides is 2. The molecule has 0 saturated carbocycles. The lowest BCUT2D eigenvalue weighted by Crippen LogP contribution is -2.71. The van der Waals surface area contributed by atoms with Gasteiger partial charge in [-0.05, 0) is 23.6 Å². The summed E-state index contributed by atoms with van der Waals surface area (Å²) in [6.07, 6.45) is 7.17. The lowest BCUT2D eigenvalue weighted by molar-refractivity contribution is -0.184. The lowest BCUT2D eigenvalue weighted by atomic mass is 10.0. The summed E-state index contributed by atoms with van der Waals surface area (Å²) in [7, 11) is 0. The molecule has 0 aromatic carbocycles. The van der Waals surface area contributed by atoms with Gasteiger partial charge < -0.3 is 25.7 Å². The molecule has 216 valence electrons. The SMILES string of the molecule is CCCCC(=O)OC(C)OC(=O)C1=C(/C=C\c2cccnc2)CS[C@@H]2[C@H](NC(=O)C(=NO)c3csc(N)n3)C(=O)N12. The van der Waals surface area contributed by atoms with E-state index in [1.54, 1.807) is 30.6 Å². The molecule has 2 aromatic rings. The molecule has 2 aliphatic rings. The van der Waals surface area contributed by atoms with Crippen LogP contribution >= 0.6 is 23.1 Å². The van der Waals surface area contributed by atoms with Gasteiger partial charge in [0.1, 0.15) is 22.8 Å².